The van der Waals surface area contributed by atoms with E-state index in [9.17, 15) is 9.59 Å². The Morgan fingerprint density at radius 2 is 2.33 bits per heavy atom. The third-order valence-electron chi connectivity index (χ3n) is 1.92. The summed E-state index contributed by atoms with van der Waals surface area (Å²) in [6, 6.07) is -0.206. The van der Waals surface area contributed by atoms with Gasteiger partial charge in [0, 0.05) is 19.6 Å². The first-order valence-electron chi connectivity index (χ1n) is 3.93. The average molecular weight is 168 g/mol. The number of hydrogen-bond donors (Lipinski definition) is 0. The highest BCUT2D eigenvalue weighted by atomic mass is 16.2. The van der Waals surface area contributed by atoms with E-state index in [2.05, 4.69) is 6.58 Å². The first-order chi connectivity index (χ1) is 5.70. The van der Waals surface area contributed by atoms with Crippen molar-refractivity contribution in [3.63, 3.8) is 0 Å². The van der Waals surface area contributed by atoms with Gasteiger partial charge in [0.1, 0.15) is 0 Å². The average Bonchev–Trinajstić information content (AvgIpc) is 2.45. The third-order valence-corrected chi connectivity index (χ3v) is 1.92. The molecule has 1 aliphatic heterocycles. The van der Waals surface area contributed by atoms with Crippen LogP contribution in [0.4, 0.5) is 4.79 Å². The standard InChI is InChI=1S/C8H12N2O2/c1-3-7(11)10-6-5-9(4-2)8(10)12/h3H,1,4-6H2,2H3. The Balaban J connectivity index is 2.66. The van der Waals surface area contributed by atoms with Crippen molar-refractivity contribution >= 4 is 11.9 Å². The van der Waals surface area contributed by atoms with Gasteiger partial charge in [-0.1, -0.05) is 6.58 Å². The number of carbonyl (C=O) groups is 2. The summed E-state index contributed by atoms with van der Waals surface area (Å²) in [5.74, 6) is -0.309. The Labute approximate surface area is 71.4 Å². The van der Waals surface area contributed by atoms with Gasteiger partial charge in [0.25, 0.3) is 5.91 Å². The summed E-state index contributed by atoms with van der Waals surface area (Å²) in [4.78, 5) is 25.2. The lowest BCUT2D eigenvalue weighted by Crippen LogP contribution is -2.35. The van der Waals surface area contributed by atoms with E-state index < -0.39 is 0 Å². The highest BCUT2D eigenvalue weighted by Gasteiger charge is 2.30. The molecule has 0 aliphatic carbocycles. The Hall–Kier alpha value is -1.32. The second kappa shape index (κ2) is 3.38. The van der Waals surface area contributed by atoms with Crippen molar-refractivity contribution in [2.24, 2.45) is 0 Å². The molecule has 0 saturated carbocycles. The summed E-state index contributed by atoms with van der Waals surface area (Å²) in [5.41, 5.74) is 0. The van der Waals surface area contributed by atoms with Gasteiger partial charge in [-0.2, -0.15) is 0 Å². The first kappa shape index (κ1) is 8.77. The van der Waals surface area contributed by atoms with Crippen LogP contribution in [0.5, 0.6) is 0 Å². The number of nitrogens with zero attached hydrogens (tertiary/aromatic N) is 2. The maximum atomic E-state index is 11.3. The van der Waals surface area contributed by atoms with E-state index in [0.717, 1.165) is 6.08 Å². The van der Waals surface area contributed by atoms with E-state index in [1.54, 1.807) is 4.90 Å². The van der Waals surface area contributed by atoms with Crippen LogP contribution in [-0.4, -0.2) is 41.4 Å². The molecule has 1 rings (SSSR count). The molecule has 66 valence electrons. The topological polar surface area (TPSA) is 40.6 Å². The summed E-state index contributed by atoms with van der Waals surface area (Å²) < 4.78 is 0. The van der Waals surface area contributed by atoms with Gasteiger partial charge in [0.15, 0.2) is 0 Å². The summed E-state index contributed by atoms with van der Waals surface area (Å²) in [6.07, 6.45) is 1.16. The molecule has 0 bridgehead atoms. The summed E-state index contributed by atoms with van der Waals surface area (Å²) in [6.45, 7) is 6.99. The molecule has 0 aromatic carbocycles. The van der Waals surface area contributed by atoms with Crippen molar-refractivity contribution in [2.75, 3.05) is 19.6 Å². The van der Waals surface area contributed by atoms with Crippen molar-refractivity contribution in [1.29, 1.82) is 0 Å². The van der Waals surface area contributed by atoms with Gasteiger partial charge in [0.05, 0.1) is 0 Å². The number of imide groups is 1. The lowest BCUT2D eigenvalue weighted by molar-refractivity contribution is -0.122. The predicted octanol–water partition coefficient (Wildman–Crippen LogP) is 0.457. The molecule has 1 heterocycles. The number of urea groups is 1. The molecule has 1 aliphatic rings. The Bertz CT molecular complexity index is 225. The minimum absolute atomic E-state index is 0.206. The second-order valence-electron chi connectivity index (χ2n) is 2.56. The quantitative estimate of drug-likeness (QED) is 0.562. The van der Waals surface area contributed by atoms with Gasteiger partial charge < -0.3 is 4.90 Å². The van der Waals surface area contributed by atoms with Crippen LogP contribution < -0.4 is 0 Å². The van der Waals surface area contributed by atoms with Gasteiger partial charge in [-0.25, -0.2) is 4.79 Å². The summed E-state index contributed by atoms with van der Waals surface area (Å²) >= 11 is 0. The Kier molecular flexibility index (Phi) is 2.47. The molecule has 0 aromatic rings. The number of likely N-dealkylation sites (N-methyl/N-ethyl adjacent to an activating group) is 1. The van der Waals surface area contributed by atoms with Crippen LogP contribution in [0, 0.1) is 0 Å². The number of amides is 3. The molecule has 4 heteroatoms. The van der Waals surface area contributed by atoms with Crippen LogP contribution >= 0.6 is 0 Å². The number of carbonyl (C=O) groups excluding carboxylic acids is 2. The van der Waals surface area contributed by atoms with Crippen LogP contribution in [-0.2, 0) is 4.79 Å². The Morgan fingerprint density at radius 3 is 2.75 bits per heavy atom. The van der Waals surface area contributed by atoms with Crippen molar-refractivity contribution in [2.45, 2.75) is 6.92 Å². The maximum absolute atomic E-state index is 11.3. The van der Waals surface area contributed by atoms with Crippen LogP contribution in [0.25, 0.3) is 0 Å². The zero-order chi connectivity index (χ0) is 9.14. The van der Waals surface area contributed by atoms with E-state index in [1.807, 2.05) is 6.92 Å². The van der Waals surface area contributed by atoms with E-state index in [-0.39, 0.29) is 11.9 Å². The van der Waals surface area contributed by atoms with Gasteiger partial charge in [-0.15, -0.1) is 0 Å². The Morgan fingerprint density at radius 1 is 1.67 bits per heavy atom. The maximum Gasteiger partial charge on any atom is 0.327 e. The highest BCUT2D eigenvalue weighted by molar-refractivity contribution is 6.01. The second-order valence-corrected chi connectivity index (χ2v) is 2.56. The molecule has 0 radical (unpaired) electrons. The molecule has 4 nitrogen and oxygen atoms in total. The fourth-order valence-corrected chi connectivity index (χ4v) is 1.19. The number of rotatable bonds is 2. The smallest absolute Gasteiger partial charge is 0.323 e. The van der Waals surface area contributed by atoms with E-state index in [1.165, 1.54) is 4.90 Å². The van der Waals surface area contributed by atoms with Gasteiger partial charge in [0.2, 0.25) is 0 Å². The fraction of sp³-hybridized carbons (Fsp3) is 0.500. The number of hydrogen-bond acceptors (Lipinski definition) is 2. The van der Waals surface area contributed by atoms with Crippen molar-refractivity contribution in [1.82, 2.24) is 9.80 Å². The largest absolute Gasteiger partial charge is 0.327 e. The summed E-state index contributed by atoms with van der Waals surface area (Å²) in [5, 5.41) is 0. The van der Waals surface area contributed by atoms with Crippen LogP contribution in [0.15, 0.2) is 12.7 Å². The van der Waals surface area contributed by atoms with Gasteiger partial charge >= 0.3 is 6.03 Å². The highest BCUT2D eigenvalue weighted by Crippen LogP contribution is 2.07. The molecule has 1 saturated heterocycles. The first-order valence-corrected chi connectivity index (χ1v) is 3.93. The van der Waals surface area contributed by atoms with Crippen LogP contribution in [0.1, 0.15) is 6.92 Å². The molecule has 0 atom stereocenters. The SMILES string of the molecule is C=CC(=O)N1CCN(CC)C1=O. The van der Waals surface area contributed by atoms with Crippen LogP contribution in [0.2, 0.25) is 0 Å². The van der Waals surface area contributed by atoms with Gasteiger partial charge in [-0.3, -0.25) is 9.69 Å². The minimum atomic E-state index is -0.309. The lowest BCUT2D eigenvalue weighted by atomic mass is 10.5. The molecule has 3 amide bonds. The van der Waals surface area contributed by atoms with Crippen molar-refractivity contribution in [3.05, 3.63) is 12.7 Å². The lowest BCUT2D eigenvalue weighted by Gasteiger charge is -2.13. The van der Waals surface area contributed by atoms with E-state index in [0.29, 0.717) is 19.6 Å². The molecule has 0 unspecified atom stereocenters. The van der Waals surface area contributed by atoms with Gasteiger partial charge in [-0.05, 0) is 13.0 Å². The van der Waals surface area contributed by atoms with E-state index in [4.69, 9.17) is 0 Å². The molecular weight excluding hydrogens is 156 g/mol. The van der Waals surface area contributed by atoms with Crippen molar-refractivity contribution in [3.8, 4) is 0 Å². The van der Waals surface area contributed by atoms with Crippen LogP contribution in [0.3, 0.4) is 0 Å². The molecule has 0 aromatic heterocycles. The third kappa shape index (κ3) is 1.32. The monoisotopic (exact) mass is 168 g/mol. The summed E-state index contributed by atoms with van der Waals surface area (Å²) in [7, 11) is 0. The van der Waals surface area contributed by atoms with E-state index >= 15 is 0 Å². The molecular formula is C8H12N2O2. The predicted molar refractivity (Wildman–Crippen MR) is 44.6 cm³/mol. The van der Waals surface area contributed by atoms with Crippen molar-refractivity contribution < 1.29 is 9.59 Å². The molecule has 0 spiro atoms. The zero-order valence-corrected chi connectivity index (χ0v) is 7.12. The molecule has 1 fully saturated rings. The fourth-order valence-electron chi connectivity index (χ4n) is 1.19. The normalized spacial score (nSPS) is 16.9. The minimum Gasteiger partial charge on any atom is -0.323 e. The molecule has 0 N–H and O–H groups in total. The molecule has 12 heavy (non-hydrogen) atoms. The zero-order valence-electron chi connectivity index (χ0n) is 7.12.